The molecule has 29 heavy (non-hydrogen) atoms. The first-order valence-corrected chi connectivity index (χ1v) is 12.0. The number of amidine groups is 1. The molecule has 0 radical (unpaired) electrons. The summed E-state index contributed by atoms with van der Waals surface area (Å²) in [5.74, 6) is -0.118. The van der Waals surface area contributed by atoms with E-state index in [-0.39, 0.29) is 11.6 Å². The number of hydrogen-bond acceptors (Lipinski definition) is 6. The number of sulfone groups is 1. The minimum atomic E-state index is -3.60. The van der Waals surface area contributed by atoms with Crippen molar-refractivity contribution in [3.8, 4) is 16.5 Å². The molecule has 1 spiro atoms. The lowest BCUT2D eigenvalue weighted by Gasteiger charge is -2.47. The lowest BCUT2D eigenvalue weighted by molar-refractivity contribution is 0.0862. The van der Waals surface area contributed by atoms with Crippen molar-refractivity contribution in [1.82, 2.24) is 5.32 Å². The molecule has 2 aliphatic rings. The van der Waals surface area contributed by atoms with Crippen LogP contribution in [0.25, 0.3) is 10.4 Å². The van der Waals surface area contributed by atoms with Gasteiger partial charge in [-0.1, -0.05) is 23.7 Å². The van der Waals surface area contributed by atoms with E-state index in [0.717, 1.165) is 10.4 Å². The third-order valence-electron chi connectivity index (χ3n) is 5.70. The first kappa shape index (κ1) is 20.4. The van der Waals surface area contributed by atoms with Crippen molar-refractivity contribution >= 4 is 38.6 Å². The monoisotopic (exact) mass is 449 g/mol. The minimum Gasteiger partial charge on any atom is -0.381 e. The Kier molecular flexibility index (Phi) is 4.98. The zero-order valence-electron chi connectivity index (χ0n) is 15.8. The highest BCUT2D eigenvalue weighted by Gasteiger charge is 2.57. The molecule has 3 heterocycles. The van der Waals surface area contributed by atoms with E-state index in [2.05, 4.69) is 11.4 Å². The Hall–Kier alpha value is -1.92. The Morgan fingerprint density at radius 3 is 2.69 bits per heavy atom. The highest BCUT2D eigenvalue weighted by Crippen LogP contribution is 2.45. The molecule has 4 rings (SSSR count). The quantitative estimate of drug-likeness (QED) is 0.727. The van der Waals surface area contributed by atoms with Gasteiger partial charge in [0.15, 0.2) is 9.84 Å². The number of rotatable bonds is 2. The summed E-state index contributed by atoms with van der Waals surface area (Å²) in [5, 5.41) is 21.3. The van der Waals surface area contributed by atoms with Crippen molar-refractivity contribution in [2.24, 2.45) is 0 Å². The molecule has 9 heteroatoms. The molecule has 1 aromatic carbocycles. The predicted molar refractivity (Wildman–Crippen MR) is 114 cm³/mol. The van der Waals surface area contributed by atoms with E-state index >= 15 is 0 Å². The largest absolute Gasteiger partial charge is 0.381 e. The number of nitrogens with zero attached hydrogens (tertiary/aromatic N) is 1. The summed E-state index contributed by atoms with van der Waals surface area (Å²) in [6, 6.07) is 11.1. The van der Waals surface area contributed by atoms with Crippen LogP contribution in [0.2, 0.25) is 5.02 Å². The van der Waals surface area contributed by atoms with E-state index in [9.17, 15) is 8.42 Å². The summed E-state index contributed by atoms with van der Waals surface area (Å²) in [6.07, 6.45) is 0.587. The van der Waals surface area contributed by atoms with E-state index in [1.165, 1.54) is 11.3 Å². The summed E-state index contributed by atoms with van der Waals surface area (Å²) in [7, 11) is -3.60. The van der Waals surface area contributed by atoms with Crippen LogP contribution in [0.4, 0.5) is 0 Å². The summed E-state index contributed by atoms with van der Waals surface area (Å²) in [6.45, 7) is 2.44. The fourth-order valence-corrected chi connectivity index (χ4v) is 8.25. The summed E-state index contributed by atoms with van der Waals surface area (Å²) < 4.78 is 30.8. The third-order valence-corrected chi connectivity index (χ3v) is 10.3. The van der Waals surface area contributed by atoms with Gasteiger partial charge in [-0.2, -0.15) is 5.26 Å². The molecule has 2 saturated heterocycles. The van der Waals surface area contributed by atoms with Crippen LogP contribution < -0.4 is 5.32 Å². The molecule has 0 aliphatic carbocycles. The molecule has 1 atom stereocenters. The van der Waals surface area contributed by atoms with E-state index in [4.69, 9.17) is 27.0 Å². The maximum Gasteiger partial charge on any atom is 0.166 e. The number of halogens is 1. The molecule has 2 aliphatic heterocycles. The molecule has 0 unspecified atom stereocenters. The molecule has 0 saturated carbocycles. The van der Waals surface area contributed by atoms with Gasteiger partial charge >= 0.3 is 0 Å². The minimum absolute atomic E-state index is 0.0204. The van der Waals surface area contributed by atoms with Crippen molar-refractivity contribution in [3.05, 3.63) is 45.8 Å². The fourth-order valence-electron chi connectivity index (χ4n) is 4.11. The third kappa shape index (κ3) is 3.26. The zero-order valence-corrected chi connectivity index (χ0v) is 18.2. The van der Waals surface area contributed by atoms with E-state index in [0.29, 0.717) is 41.5 Å². The molecule has 2 N–H and O–H groups in total. The SMILES string of the molecule is C[C@@]1(c2sc(-c3cccc(C#N)c3)cc2Cl)CS(=O)(=O)C2(CCOCC2)C(=N)N1. The molecule has 0 amide bonds. The molecule has 2 aromatic rings. The van der Waals surface area contributed by atoms with Gasteiger partial charge in [-0.25, -0.2) is 8.42 Å². The van der Waals surface area contributed by atoms with Crippen LogP contribution in [-0.4, -0.2) is 38.0 Å². The number of nitriles is 1. The number of ether oxygens (including phenoxy) is 1. The smallest absolute Gasteiger partial charge is 0.166 e. The van der Waals surface area contributed by atoms with Crippen LogP contribution in [0.1, 0.15) is 30.2 Å². The van der Waals surface area contributed by atoms with Gasteiger partial charge in [0, 0.05) is 23.0 Å². The topological polar surface area (TPSA) is 103 Å². The first-order chi connectivity index (χ1) is 13.7. The van der Waals surface area contributed by atoms with Gasteiger partial charge in [-0.15, -0.1) is 11.3 Å². The van der Waals surface area contributed by atoms with Crippen LogP contribution >= 0.6 is 22.9 Å². The standard InChI is InChI=1S/C20H20ClN3O3S2/c1-19(12-29(25,26)20(18(23)24-19)5-7-27-8-6-20)17-15(21)10-16(28-17)14-4-2-3-13(9-14)11-22/h2-4,9-10H,5-8,12H2,1H3,(H2,23,24)/t19-/m0/s1. The summed E-state index contributed by atoms with van der Waals surface area (Å²) >= 11 is 7.92. The second kappa shape index (κ2) is 7.10. The van der Waals surface area contributed by atoms with Crippen molar-refractivity contribution in [2.45, 2.75) is 30.1 Å². The number of hydrogen-bond donors (Lipinski definition) is 2. The second-order valence-corrected chi connectivity index (χ2v) is 11.4. The fraction of sp³-hybridized carbons (Fsp3) is 0.400. The summed E-state index contributed by atoms with van der Waals surface area (Å²) in [5.41, 5.74) is 0.397. The lowest BCUT2D eigenvalue weighted by Crippen LogP contribution is -2.67. The Morgan fingerprint density at radius 1 is 1.31 bits per heavy atom. The number of thiophene rings is 1. The molecular weight excluding hydrogens is 430 g/mol. The molecule has 0 bridgehead atoms. The zero-order chi connectivity index (χ0) is 20.9. The molecule has 152 valence electrons. The number of nitrogens with one attached hydrogen (secondary N) is 2. The second-order valence-electron chi connectivity index (χ2n) is 7.68. The van der Waals surface area contributed by atoms with Crippen molar-refractivity contribution < 1.29 is 13.2 Å². The van der Waals surface area contributed by atoms with Crippen molar-refractivity contribution in [2.75, 3.05) is 19.0 Å². The highest BCUT2D eigenvalue weighted by molar-refractivity contribution is 7.93. The maximum atomic E-state index is 13.3. The van der Waals surface area contributed by atoms with Crippen LogP contribution in [0.15, 0.2) is 30.3 Å². The average Bonchev–Trinajstić information content (AvgIpc) is 3.09. The Morgan fingerprint density at radius 2 is 2.03 bits per heavy atom. The van der Waals surface area contributed by atoms with Crippen LogP contribution in [-0.2, 0) is 20.1 Å². The molecular formula is C20H20ClN3O3S2. The van der Waals surface area contributed by atoms with Crippen LogP contribution in [0.3, 0.4) is 0 Å². The number of benzene rings is 1. The molecule has 6 nitrogen and oxygen atoms in total. The molecule has 1 aromatic heterocycles. The van der Waals surface area contributed by atoms with Gasteiger partial charge in [-0.05, 0) is 43.5 Å². The van der Waals surface area contributed by atoms with Gasteiger partial charge in [0.05, 0.1) is 27.9 Å². The van der Waals surface area contributed by atoms with Gasteiger partial charge in [0.25, 0.3) is 0 Å². The van der Waals surface area contributed by atoms with Crippen LogP contribution in [0, 0.1) is 16.7 Å². The Bertz CT molecular complexity index is 1130. The van der Waals surface area contributed by atoms with Gasteiger partial charge < -0.3 is 10.1 Å². The van der Waals surface area contributed by atoms with E-state index in [1.807, 2.05) is 6.07 Å². The van der Waals surface area contributed by atoms with Gasteiger partial charge in [0.2, 0.25) is 0 Å². The first-order valence-electron chi connectivity index (χ1n) is 9.18. The van der Waals surface area contributed by atoms with Crippen molar-refractivity contribution in [3.63, 3.8) is 0 Å². The highest BCUT2D eigenvalue weighted by atomic mass is 35.5. The predicted octanol–water partition coefficient (Wildman–Crippen LogP) is 3.70. The lowest BCUT2D eigenvalue weighted by atomic mass is 9.93. The van der Waals surface area contributed by atoms with Gasteiger partial charge in [0.1, 0.15) is 10.6 Å². The Balaban J connectivity index is 1.73. The maximum absolute atomic E-state index is 13.3. The van der Waals surface area contributed by atoms with Gasteiger partial charge in [-0.3, -0.25) is 5.41 Å². The Labute approximate surface area is 178 Å². The van der Waals surface area contributed by atoms with E-state index < -0.39 is 20.1 Å². The normalized spacial score (nSPS) is 25.3. The van der Waals surface area contributed by atoms with Crippen LogP contribution in [0.5, 0.6) is 0 Å². The average molecular weight is 450 g/mol. The summed E-state index contributed by atoms with van der Waals surface area (Å²) in [4.78, 5) is 1.52. The van der Waals surface area contributed by atoms with Crippen molar-refractivity contribution in [1.29, 1.82) is 10.7 Å². The molecule has 2 fully saturated rings. The van der Waals surface area contributed by atoms with E-state index in [1.54, 1.807) is 31.2 Å².